The van der Waals surface area contributed by atoms with E-state index in [1.54, 1.807) is 12.1 Å². The van der Waals surface area contributed by atoms with Gasteiger partial charge in [0.05, 0.1) is 22.9 Å². The van der Waals surface area contributed by atoms with E-state index in [1.165, 1.54) is 12.3 Å². The van der Waals surface area contributed by atoms with E-state index in [0.29, 0.717) is 10.6 Å². The molecule has 0 aliphatic rings. The quantitative estimate of drug-likeness (QED) is 0.635. The monoisotopic (exact) mass is 350 g/mol. The Morgan fingerprint density at radius 3 is 2.70 bits per heavy atom. The minimum absolute atomic E-state index is 0.0916. The topological polar surface area (TPSA) is 50.7 Å². The molecule has 0 spiro atoms. The number of hydrazone groups is 1. The molecule has 0 saturated heterocycles. The second kappa shape index (κ2) is 7.99. The summed E-state index contributed by atoms with van der Waals surface area (Å²) in [6.45, 7) is 3.91. The average Bonchev–Trinajstić information content (AvgIpc) is 2.46. The fourth-order valence-electron chi connectivity index (χ4n) is 1.84. The van der Waals surface area contributed by atoms with Crippen LogP contribution in [-0.4, -0.2) is 18.2 Å². The lowest BCUT2D eigenvalue weighted by Crippen LogP contribution is -2.18. The molecule has 0 aliphatic carbocycles. The predicted molar refractivity (Wildman–Crippen MR) is 93.7 cm³/mol. The number of rotatable bonds is 5. The summed E-state index contributed by atoms with van der Waals surface area (Å²) < 4.78 is 5.60. The fraction of sp³-hybridized carbons (Fsp3) is 0.176. The third kappa shape index (κ3) is 5.27. The molecule has 0 aliphatic heterocycles. The molecule has 2 aromatic carbocycles. The number of hydrogen-bond acceptors (Lipinski definition) is 3. The standard InChI is InChI=1S/C17H16Cl2N2O2/c1-11(2)23-14-5-3-4-12(8-14)10-20-21-17(22)15-7-6-13(18)9-16(15)19/h3-11H,1-2H3,(H,21,22)/b20-10-. The van der Waals surface area contributed by atoms with Crippen LogP contribution in [0.5, 0.6) is 5.75 Å². The Bertz CT molecular complexity index is 730. The maximum Gasteiger partial charge on any atom is 0.272 e. The number of hydrogen-bond donors (Lipinski definition) is 1. The zero-order valence-electron chi connectivity index (χ0n) is 12.7. The molecule has 0 fully saturated rings. The van der Waals surface area contributed by atoms with Crippen molar-refractivity contribution in [2.24, 2.45) is 5.10 Å². The minimum Gasteiger partial charge on any atom is -0.491 e. The number of carbonyl (C=O) groups excluding carboxylic acids is 1. The van der Waals surface area contributed by atoms with Crippen LogP contribution < -0.4 is 10.2 Å². The van der Waals surface area contributed by atoms with Gasteiger partial charge < -0.3 is 4.74 Å². The largest absolute Gasteiger partial charge is 0.491 e. The van der Waals surface area contributed by atoms with Gasteiger partial charge in [0.25, 0.3) is 5.91 Å². The van der Waals surface area contributed by atoms with E-state index >= 15 is 0 Å². The first kappa shape index (κ1) is 17.3. The summed E-state index contributed by atoms with van der Waals surface area (Å²) in [4.78, 5) is 12.0. The first-order valence-corrected chi connectivity index (χ1v) is 7.76. The molecule has 0 bridgehead atoms. The summed E-state index contributed by atoms with van der Waals surface area (Å²) in [6, 6.07) is 12.1. The second-order valence-corrected chi connectivity index (χ2v) is 5.91. The molecule has 6 heteroatoms. The van der Waals surface area contributed by atoms with E-state index in [9.17, 15) is 4.79 Å². The van der Waals surface area contributed by atoms with Crippen molar-refractivity contribution >= 4 is 35.3 Å². The van der Waals surface area contributed by atoms with Crippen molar-refractivity contribution in [3.63, 3.8) is 0 Å². The molecule has 2 rings (SSSR count). The number of benzene rings is 2. The molecule has 23 heavy (non-hydrogen) atoms. The molecule has 0 radical (unpaired) electrons. The lowest BCUT2D eigenvalue weighted by atomic mass is 10.2. The molecule has 2 aromatic rings. The zero-order chi connectivity index (χ0) is 16.8. The Morgan fingerprint density at radius 2 is 2.00 bits per heavy atom. The number of carbonyl (C=O) groups is 1. The van der Waals surface area contributed by atoms with Crippen LogP contribution in [0.4, 0.5) is 0 Å². The van der Waals surface area contributed by atoms with E-state index in [0.717, 1.165) is 11.3 Å². The highest BCUT2D eigenvalue weighted by Crippen LogP contribution is 2.20. The van der Waals surface area contributed by atoms with Crippen LogP contribution >= 0.6 is 23.2 Å². The van der Waals surface area contributed by atoms with Crippen LogP contribution in [0, 0.1) is 0 Å². The molecule has 0 unspecified atom stereocenters. The summed E-state index contributed by atoms with van der Waals surface area (Å²) in [5, 5.41) is 4.67. The third-order valence-corrected chi connectivity index (χ3v) is 3.33. The van der Waals surface area contributed by atoms with Crippen molar-refractivity contribution < 1.29 is 9.53 Å². The molecule has 0 aromatic heterocycles. The van der Waals surface area contributed by atoms with Gasteiger partial charge in [-0.15, -0.1) is 0 Å². The van der Waals surface area contributed by atoms with Gasteiger partial charge in [0.15, 0.2) is 0 Å². The van der Waals surface area contributed by atoms with Gasteiger partial charge in [0.2, 0.25) is 0 Å². The molecule has 1 amide bonds. The SMILES string of the molecule is CC(C)Oc1cccc(/C=N\NC(=O)c2ccc(Cl)cc2Cl)c1. The molecule has 0 atom stereocenters. The molecule has 4 nitrogen and oxygen atoms in total. The number of ether oxygens (including phenoxy) is 1. The molecular weight excluding hydrogens is 335 g/mol. The highest BCUT2D eigenvalue weighted by Gasteiger charge is 2.09. The van der Waals surface area contributed by atoms with E-state index in [1.807, 2.05) is 38.1 Å². The Kier molecular flexibility index (Phi) is 6.02. The van der Waals surface area contributed by atoms with E-state index in [2.05, 4.69) is 10.5 Å². The zero-order valence-corrected chi connectivity index (χ0v) is 14.2. The lowest BCUT2D eigenvalue weighted by molar-refractivity contribution is 0.0955. The van der Waals surface area contributed by atoms with Crippen LogP contribution in [0.2, 0.25) is 10.0 Å². The number of amides is 1. The molecule has 1 N–H and O–H groups in total. The molecule has 0 heterocycles. The normalized spacial score (nSPS) is 11.0. The van der Waals surface area contributed by atoms with Crippen LogP contribution in [-0.2, 0) is 0 Å². The Morgan fingerprint density at radius 1 is 1.22 bits per heavy atom. The predicted octanol–water partition coefficient (Wildman–Crippen LogP) is 4.54. The highest BCUT2D eigenvalue weighted by atomic mass is 35.5. The van der Waals surface area contributed by atoms with E-state index in [-0.39, 0.29) is 11.1 Å². The average molecular weight is 351 g/mol. The Hall–Kier alpha value is -2.04. The summed E-state index contributed by atoms with van der Waals surface area (Å²) in [7, 11) is 0. The van der Waals surface area contributed by atoms with Gasteiger partial charge in [-0.1, -0.05) is 35.3 Å². The molecule has 120 valence electrons. The van der Waals surface area contributed by atoms with Gasteiger partial charge in [-0.2, -0.15) is 5.10 Å². The first-order valence-electron chi connectivity index (χ1n) is 7.01. The van der Waals surface area contributed by atoms with Gasteiger partial charge >= 0.3 is 0 Å². The number of halogens is 2. The molecular formula is C17H16Cl2N2O2. The van der Waals surface area contributed by atoms with E-state index < -0.39 is 5.91 Å². The maximum atomic E-state index is 12.0. The third-order valence-electron chi connectivity index (χ3n) is 2.79. The summed E-state index contributed by atoms with van der Waals surface area (Å²) in [5.41, 5.74) is 3.55. The lowest BCUT2D eigenvalue weighted by Gasteiger charge is -2.09. The van der Waals surface area contributed by atoms with Crippen molar-refractivity contribution in [2.75, 3.05) is 0 Å². The van der Waals surface area contributed by atoms with Crippen molar-refractivity contribution in [3.8, 4) is 5.75 Å². The van der Waals surface area contributed by atoms with Gasteiger partial charge in [0, 0.05) is 5.02 Å². The highest BCUT2D eigenvalue weighted by molar-refractivity contribution is 6.36. The van der Waals surface area contributed by atoms with Gasteiger partial charge in [-0.3, -0.25) is 4.79 Å². The van der Waals surface area contributed by atoms with Crippen molar-refractivity contribution in [1.29, 1.82) is 0 Å². The van der Waals surface area contributed by atoms with Crippen molar-refractivity contribution in [3.05, 3.63) is 63.6 Å². The Labute approximate surface area is 145 Å². The van der Waals surface area contributed by atoms with E-state index in [4.69, 9.17) is 27.9 Å². The summed E-state index contributed by atoms with van der Waals surface area (Å²) >= 11 is 11.8. The summed E-state index contributed by atoms with van der Waals surface area (Å²) in [6.07, 6.45) is 1.63. The summed E-state index contributed by atoms with van der Waals surface area (Å²) in [5.74, 6) is 0.341. The smallest absolute Gasteiger partial charge is 0.272 e. The van der Waals surface area contributed by atoms with Crippen molar-refractivity contribution in [1.82, 2.24) is 5.43 Å². The van der Waals surface area contributed by atoms with Crippen LogP contribution in [0.15, 0.2) is 47.6 Å². The van der Waals surface area contributed by atoms with Gasteiger partial charge in [-0.05, 0) is 49.7 Å². The molecule has 0 saturated carbocycles. The van der Waals surface area contributed by atoms with Crippen LogP contribution in [0.1, 0.15) is 29.8 Å². The first-order chi connectivity index (χ1) is 11.0. The number of nitrogens with one attached hydrogen (secondary N) is 1. The maximum absolute atomic E-state index is 12.0. The minimum atomic E-state index is -0.405. The second-order valence-electron chi connectivity index (χ2n) is 5.06. The number of nitrogens with zero attached hydrogens (tertiary/aromatic N) is 1. The van der Waals surface area contributed by atoms with Gasteiger partial charge in [0.1, 0.15) is 5.75 Å². The Balaban J connectivity index is 2.02. The van der Waals surface area contributed by atoms with Gasteiger partial charge in [-0.25, -0.2) is 5.43 Å². The van der Waals surface area contributed by atoms with Crippen LogP contribution in [0.25, 0.3) is 0 Å². The van der Waals surface area contributed by atoms with Crippen LogP contribution in [0.3, 0.4) is 0 Å². The van der Waals surface area contributed by atoms with Crippen molar-refractivity contribution in [2.45, 2.75) is 20.0 Å². The fourth-order valence-corrected chi connectivity index (χ4v) is 2.33.